The molecular formula is C10H10N2O2. The third kappa shape index (κ3) is 1.40. The van der Waals surface area contributed by atoms with Crippen molar-refractivity contribution in [2.75, 3.05) is 13.2 Å². The molecule has 0 fully saturated rings. The normalized spacial score (nSPS) is 13.8. The van der Waals surface area contributed by atoms with Crippen LogP contribution in [0.4, 0.5) is 0 Å². The van der Waals surface area contributed by atoms with E-state index < -0.39 is 0 Å². The number of nitrogens with one attached hydrogen (secondary N) is 1. The maximum absolute atomic E-state index is 8.61. The van der Waals surface area contributed by atoms with Crippen LogP contribution in [0.1, 0.15) is 11.1 Å². The topological polar surface area (TPSA) is 65.7 Å². The first kappa shape index (κ1) is 8.90. The Hall–Kier alpha value is -1.68. The van der Waals surface area contributed by atoms with E-state index in [1.807, 2.05) is 24.3 Å². The van der Waals surface area contributed by atoms with Crippen LogP contribution in [-0.4, -0.2) is 30.1 Å². The molecule has 1 aliphatic rings. The first-order valence-electron chi connectivity index (χ1n) is 4.33. The number of hydrogen-bond donors (Lipinski definition) is 2. The van der Waals surface area contributed by atoms with E-state index >= 15 is 0 Å². The summed E-state index contributed by atoms with van der Waals surface area (Å²) < 4.78 is 5.21. The van der Waals surface area contributed by atoms with E-state index in [0.29, 0.717) is 5.90 Å². The standard InChI is InChI=1S/C10H10N2O2/c11-9-7-3-1-2-4-8(7)10(12-9)14-6-5-13/h1-4,11,13H,5-6H2. The maximum atomic E-state index is 8.61. The van der Waals surface area contributed by atoms with Crippen molar-refractivity contribution in [1.29, 1.82) is 5.41 Å². The Morgan fingerprint density at radius 2 is 2.00 bits per heavy atom. The number of aliphatic hydroxyl groups excluding tert-OH is 1. The van der Waals surface area contributed by atoms with Crippen LogP contribution in [0.15, 0.2) is 29.3 Å². The lowest BCUT2D eigenvalue weighted by atomic mass is 10.1. The Morgan fingerprint density at radius 1 is 1.29 bits per heavy atom. The Morgan fingerprint density at radius 3 is 2.71 bits per heavy atom. The zero-order valence-corrected chi connectivity index (χ0v) is 7.53. The van der Waals surface area contributed by atoms with Crippen LogP contribution in [0, 0.1) is 5.41 Å². The Kier molecular flexibility index (Phi) is 2.28. The molecule has 2 N–H and O–H groups in total. The fraction of sp³-hybridized carbons (Fsp3) is 0.200. The molecule has 14 heavy (non-hydrogen) atoms. The van der Waals surface area contributed by atoms with Crippen LogP contribution in [0.2, 0.25) is 0 Å². The van der Waals surface area contributed by atoms with Crippen LogP contribution in [0.3, 0.4) is 0 Å². The number of aliphatic imine (C=N–C) groups is 1. The maximum Gasteiger partial charge on any atom is 0.223 e. The summed E-state index contributed by atoms with van der Waals surface area (Å²) in [7, 11) is 0. The molecule has 0 spiro atoms. The summed E-state index contributed by atoms with van der Waals surface area (Å²) in [4.78, 5) is 3.96. The molecule has 4 nitrogen and oxygen atoms in total. The van der Waals surface area contributed by atoms with Gasteiger partial charge in [-0.15, -0.1) is 0 Å². The molecule has 2 rings (SSSR count). The number of rotatable bonds is 2. The quantitative estimate of drug-likeness (QED) is 0.723. The van der Waals surface area contributed by atoms with Crippen molar-refractivity contribution < 1.29 is 9.84 Å². The predicted molar refractivity (Wildman–Crippen MR) is 52.8 cm³/mol. The third-order valence-corrected chi connectivity index (χ3v) is 1.96. The van der Waals surface area contributed by atoms with Gasteiger partial charge in [-0.05, 0) is 6.07 Å². The summed E-state index contributed by atoms with van der Waals surface area (Å²) in [5.41, 5.74) is 1.60. The minimum absolute atomic E-state index is 0.0471. The first-order chi connectivity index (χ1) is 6.83. The molecule has 4 heteroatoms. The van der Waals surface area contributed by atoms with E-state index in [0.717, 1.165) is 11.1 Å². The Bertz CT molecular complexity index is 399. The van der Waals surface area contributed by atoms with Crippen molar-refractivity contribution in [1.82, 2.24) is 0 Å². The molecule has 0 radical (unpaired) electrons. The second-order valence-electron chi connectivity index (χ2n) is 2.88. The van der Waals surface area contributed by atoms with Crippen LogP contribution < -0.4 is 0 Å². The molecule has 0 saturated heterocycles. The van der Waals surface area contributed by atoms with Crippen molar-refractivity contribution >= 4 is 11.7 Å². The van der Waals surface area contributed by atoms with Crippen LogP contribution in [0.5, 0.6) is 0 Å². The molecule has 1 aromatic rings. The summed E-state index contributed by atoms with van der Waals surface area (Å²) in [5.74, 6) is 0.646. The monoisotopic (exact) mass is 190 g/mol. The minimum atomic E-state index is -0.0471. The average molecular weight is 190 g/mol. The van der Waals surface area contributed by atoms with Gasteiger partial charge in [0.2, 0.25) is 5.90 Å². The van der Waals surface area contributed by atoms with Gasteiger partial charge in [-0.1, -0.05) is 18.2 Å². The second-order valence-corrected chi connectivity index (χ2v) is 2.88. The van der Waals surface area contributed by atoms with Gasteiger partial charge in [-0.2, -0.15) is 4.99 Å². The number of fused-ring (bicyclic) bond motifs is 1. The van der Waals surface area contributed by atoms with Gasteiger partial charge in [0.25, 0.3) is 0 Å². The zero-order valence-electron chi connectivity index (χ0n) is 7.53. The van der Waals surface area contributed by atoms with Gasteiger partial charge in [-0.3, -0.25) is 5.41 Å². The highest BCUT2D eigenvalue weighted by Gasteiger charge is 2.20. The molecule has 0 aromatic heterocycles. The van der Waals surface area contributed by atoms with Crippen molar-refractivity contribution in [3.63, 3.8) is 0 Å². The van der Waals surface area contributed by atoms with E-state index in [2.05, 4.69) is 4.99 Å². The molecule has 0 unspecified atom stereocenters. The van der Waals surface area contributed by atoms with Crippen molar-refractivity contribution in [3.05, 3.63) is 35.4 Å². The number of ether oxygens (including phenoxy) is 1. The average Bonchev–Trinajstić information content (AvgIpc) is 2.54. The summed E-state index contributed by atoms with van der Waals surface area (Å²) in [6, 6.07) is 7.41. The zero-order chi connectivity index (χ0) is 9.97. The fourth-order valence-corrected chi connectivity index (χ4v) is 1.35. The lowest BCUT2D eigenvalue weighted by Crippen LogP contribution is -2.08. The van der Waals surface area contributed by atoms with Crippen molar-refractivity contribution in [2.24, 2.45) is 4.99 Å². The van der Waals surface area contributed by atoms with Gasteiger partial charge in [0.15, 0.2) is 5.84 Å². The van der Waals surface area contributed by atoms with E-state index in [9.17, 15) is 0 Å². The van der Waals surface area contributed by atoms with Crippen molar-refractivity contribution in [2.45, 2.75) is 0 Å². The fourth-order valence-electron chi connectivity index (χ4n) is 1.35. The van der Waals surface area contributed by atoms with E-state index in [1.165, 1.54) is 0 Å². The summed E-state index contributed by atoms with van der Waals surface area (Å²) in [5, 5.41) is 16.2. The summed E-state index contributed by atoms with van der Waals surface area (Å²) in [6.45, 7) is 0.162. The molecule has 1 heterocycles. The number of nitrogens with zero attached hydrogens (tertiary/aromatic N) is 1. The van der Waals surface area contributed by atoms with E-state index in [-0.39, 0.29) is 19.0 Å². The molecule has 1 aromatic carbocycles. The lowest BCUT2D eigenvalue weighted by Gasteiger charge is -2.03. The third-order valence-electron chi connectivity index (χ3n) is 1.96. The van der Waals surface area contributed by atoms with Crippen LogP contribution in [0.25, 0.3) is 0 Å². The van der Waals surface area contributed by atoms with E-state index in [1.54, 1.807) is 0 Å². The predicted octanol–water partition coefficient (Wildman–Crippen LogP) is 0.781. The minimum Gasteiger partial charge on any atom is -0.475 e. The van der Waals surface area contributed by atoms with Gasteiger partial charge >= 0.3 is 0 Å². The highest BCUT2D eigenvalue weighted by molar-refractivity contribution is 6.19. The second kappa shape index (κ2) is 3.59. The van der Waals surface area contributed by atoms with Gasteiger partial charge in [-0.25, -0.2) is 0 Å². The van der Waals surface area contributed by atoms with Crippen LogP contribution in [-0.2, 0) is 4.74 Å². The Balaban J connectivity index is 2.29. The smallest absolute Gasteiger partial charge is 0.223 e. The SMILES string of the molecule is N=C1N=C(OCCO)c2ccccc21. The molecule has 0 bridgehead atoms. The Labute approximate surface area is 81.4 Å². The van der Waals surface area contributed by atoms with Gasteiger partial charge in [0.1, 0.15) is 6.61 Å². The number of amidine groups is 1. The molecular weight excluding hydrogens is 180 g/mol. The molecule has 0 saturated carbocycles. The van der Waals surface area contributed by atoms with Gasteiger partial charge < -0.3 is 9.84 Å². The molecule has 0 amide bonds. The largest absolute Gasteiger partial charge is 0.475 e. The summed E-state index contributed by atoms with van der Waals surface area (Å²) in [6.07, 6.45) is 0. The number of benzene rings is 1. The molecule has 72 valence electrons. The number of aliphatic hydroxyl groups is 1. The van der Waals surface area contributed by atoms with Crippen LogP contribution >= 0.6 is 0 Å². The highest BCUT2D eigenvalue weighted by Crippen LogP contribution is 2.18. The van der Waals surface area contributed by atoms with E-state index in [4.69, 9.17) is 15.3 Å². The van der Waals surface area contributed by atoms with Crippen molar-refractivity contribution in [3.8, 4) is 0 Å². The first-order valence-corrected chi connectivity index (χ1v) is 4.33. The molecule has 0 aliphatic carbocycles. The lowest BCUT2D eigenvalue weighted by molar-refractivity contribution is 0.195. The molecule has 0 atom stereocenters. The van der Waals surface area contributed by atoms with Gasteiger partial charge in [0.05, 0.1) is 6.61 Å². The molecule has 1 aliphatic heterocycles. The number of hydrogen-bond acceptors (Lipinski definition) is 3. The highest BCUT2D eigenvalue weighted by atomic mass is 16.5. The van der Waals surface area contributed by atoms with Gasteiger partial charge in [0, 0.05) is 11.1 Å². The summed E-state index contributed by atoms with van der Waals surface area (Å²) >= 11 is 0.